The summed E-state index contributed by atoms with van der Waals surface area (Å²) in [6.45, 7) is 1.68. The summed E-state index contributed by atoms with van der Waals surface area (Å²) < 4.78 is 14.0. The molecule has 0 bridgehead atoms. The van der Waals surface area contributed by atoms with Crippen molar-refractivity contribution in [2.45, 2.75) is 31.9 Å². The summed E-state index contributed by atoms with van der Waals surface area (Å²) in [5, 5.41) is 0. The Bertz CT molecular complexity index is 626. The van der Waals surface area contributed by atoms with Crippen LogP contribution >= 0.6 is 12.2 Å². The number of nitrogens with zero attached hydrogens (tertiary/aromatic N) is 1. The van der Waals surface area contributed by atoms with Gasteiger partial charge < -0.3 is 19.0 Å². The molecule has 5 heteroatoms. The van der Waals surface area contributed by atoms with E-state index >= 15 is 0 Å². The zero-order chi connectivity index (χ0) is 13.2. The summed E-state index contributed by atoms with van der Waals surface area (Å²) in [7, 11) is 1.67. The average molecular weight is 278 g/mol. The molecular weight excluding hydrogens is 260 g/mol. The zero-order valence-corrected chi connectivity index (χ0v) is 11.8. The van der Waals surface area contributed by atoms with E-state index in [9.17, 15) is 0 Å². The highest BCUT2D eigenvalue weighted by Gasteiger charge is 2.17. The average Bonchev–Trinajstić information content (AvgIpc) is 2.76. The lowest BCUT2D eigenvalue weighted by Gasteiger charge is -2.23. The van der Waals surface area contributed by atoms with Crippen LogP contribution < -0.4 is 4.74 Å². The molecule has 2 aromatic rings. The Labute approximate surface area is 117 Å². The van der Waals surface area contributed by atoms with Gasteiger partial charge in [-0.05, 0) is 43.6 Å². The largest absolute Gasteiger partial charge is 0.494 e. The van der Waals surface area contributed by atoms with Crippen LogP contribution in [0.25, 0.3) is 11.0 Å². The van der Waals surface area contributed by atoms with E-state index in [1.807, 2.05) is 12.1 Å². The highest BCUT2D eigenvalue weighted by atomic mass is 32.1. The number of H-pyrrole nitrogens is 1. The molecule has 0 aliphatic carbocycles. The smallest absolute Gasteiger partial charge is 0.178 e. The van der Waals surface area contributed by atoms with Gasteiger partial charge in [0.2, 0.25) is 0 Å². The molecule has 0 spiro atoms. The number of ether oxygens (including phenoxy) is 2. The van der Waals surface area contributed by atoms with Crippen molar-refractivity contribution in [3.63, 3.8) is 0 Å². The predicted octanol–water partition coefficient (Wildman–Crippen LogP) is 3.28. The van der Waals surface area contributed by atoms with Gasteiger partial charge in [-0.3, -0.25) is 0 Å². The maximum Gasteiger partial charge on any atom is 0.178 e. The van der Waals surface area contributed by atoms with Gasteiger partial charge in [0.25, 0.3) is 0 Å². The van der Waals surface area contributed by atoms with Crippen molar-refractivity contribution in [2.75, 3.05) is 13.7 Å². The molecule has 4 nitrogen and oxygen atoms in total. The van der Waals surface area contributed by atoms with E-state index in [2.05, 4.69) is 15.6 Å². The topological polar surface area (TPSA) is 39.2 Å². The van der Waals surface area contributed by atoms with E-state index in [4.69, 9.17) is 21.7 Å². The number of methoxy groups -OCH3 is 1. The molecule has 1 aromatic carbocycles. The normalized spacial score (nSPS) is 19.7. The molecule has 3 rings (SSSR count). The first-order chi connectivity index (χ1) is 9.29. The molecule has 1 aromatic heterocycles. The summed E-state index contributed by atoms with van der Waals surface area (Å²) in [6.07, 6.45) is 3.79. The second kappa shape index (κ2) is 5.35. The van der Waals surface area contributed by atoms with Crippen LogP contribution in [0, 0.1) is 4.77 Å². The number of para-hydroxylation sites is 1. The summed E-state index contributed by atoms with van der Waals surface area (Å²) >= 11 is 5.43. The quantitative estimate of drug-likeness (QED) is 0.876. The third kappa shape index (κ3) is 2.40. The van der Waals surface area contributed by atoms with Gasteiger partial charge in [0.05, 0.1) is 25.3 Å². The third-order valence-electron chi connectivity index (χ3n) is 3.65. The van der Waals surface area contributed by atoms with Gasteiger partial charge in [0.15, 0.2) is 4.77 Å². The number of hydrogen-bond donors (Lipinski definition) is 1. The Hall–Kier alpha value is -1.33. The summed E-state index contributed by atoms with van der Waals surface area (Å²) in [4.78, 5) is 3.23. The molecule has 0 radical (unpaired) electrons. The number of aromatic nitrogens is 2. The third-order valence-corrected chi connectivity index (χ3v) is 3.97. The zero-order valence-electron chi connectivity index (χ0n) is 11.0. The number of fused-ring (bicyclic) bond motifs is 1. The maximum absolute atomic E-state index is 5.80. The van der Waals surface area contributed by atoms with E-state index < -0.39 is 0 Å². The fraction of sp³-hybridized carbons (Fsp3) is 0.500. The Morgan fingerprint density at radius 3 is 3.11 bits per heavy atom. The lowest BCUT2D eigenvalue weighted by molar-refractivity contribution is 0.00641. The molecule has 1 atom stereocenters. The number of benzene rings is 1. The first-order valence-electron chi connectivity index (χ1n) is 6.66. The molecule has 0 saturated carbocycles. The molecular formula is C14H18N2O2S. The van der Waals surface area contributed by atoms with E-state index in [1.54, 1.807) is 7.11 Å². The van der Waals surface area contributed by atoms with Crippen molar-refractivity contribution in [1.29, 1.82) is 0 Å². The van der Waals surface area contributed by atoms with Crippen molar-refractivity contribution in [2.24, 2.45) is 0 Å². The Kier molecular flexibility index (Phi) is 3.57. The number of rotatable bonds is 3. The molecule has 1 aliphatic rings. The van der Waals surface area contributed by atoms with Crippen molar-refractivity contribution >= 4 is 23.3 Å². The van der Waals surface area contributed by atoms with Crippen LogP contribution in [0.15, 0.2) is 18.2 Å². The van der Waals surface area contributed by atoms with E-state index in [-0.39, 0.29) is 6.10 Å². The Morgan fingerprint density at radius 1 is 1.47 bits per heavy atom. The number of aromatic amines is 1. The van der Waals surface area contributed by atoms with Gasteiger partial charge in [0, 0.05) is 6.61 Å². The predicted molar refractivity (Wildman–Crippen MR) is 77.3 cm³/mol. The molecule has 0 amide bonds. The molecule has 1 fully saturated rings. The number of nitrogens with one attached hydrogen (secondary N) is 1. The minimum absolute atomic E-state index is 0.269. The van der Waals surface area contributed by atoms with Gasteiger partial charge in [-0.25, -0.2) is 0 Å². The summed E-state index contributed by atoms with van der Waals surface area (Å²) in [5.74, 6) is 0.826. The van der Waals surface area contributed by atoms with Crippen LogP contribution in [0.4, 0.5) is 0 Å². The Balaban J connectivity index is 1.98. The SMILES string of the molecule is COc1cccc2c1[nH]c(=S)n2CC1CCCCO1. The van der Waals surface area contributed by atoms with E-state index in [1.165, 1.54) is 12.8 Å². The first kappa shape index (κ1) is 12.7. The van der Waals surface area contributed by atoms with Crippen LogP contribution in [-0.4, -0.2) is 29.4 Å². The number of hydrogen-bond acceptors (Lipinski definition) is 3. The van der Waals surface area contributed by atoms with E-state index in [0.717, 1.165) is 41.1 Å². The first-order valence-corrected chi connectivity index (χ1v) is 7.07. The molecule has 1 N–H and O–H groups in total. The monoisotopic (exact) mass is 278 g/mol. The molecule has 1 unspecified atom stereocenters. The Morgan fingerprint density at radius 2 is 2.37 bits per heavy atom. The molecule has 19 heavy (non-hydrogen) atoms. The summed E-state index contributed by atoms with van der Waals surface area (Å²) in [5.41, 5.74) is 2.05. The van der Waals surface area contributed by atoms with Gasteiger partial charge >= 0.3 is 0 Å². The van der Waals surface area contributed by atoms with Crippen molar-refractivity contribution in [1.82, 2.24) is 9.55 Å². The van der Waals surface area contributed by atoms with Crippen LogP contribution in [0.5, 0.6) is 5.75 Å². The lowest BCUT2D eigenvalue weighted by atomic mass is 10.1. The second-order valence-corrected chi connectivity index (χ2v) is 5.27. The van der Waals surface area contributed by atoms with Crippen molar-refractivity contribution in [3.05, 3.63) is 23.0 Å². The standard InChI is InChI=1S/C14H18N2O2S/c1-17-12-7-4-6-11-13(12)15-14(19)16(11)9-10-5-2-3-8-18-10/h4,6-7,10H,2-3,5,8-9H2,1H3,(H,15,19). The van der Waals surface area contributed by atoms with Gasteiger partial charge in [0.1, 0.15) is 11.3 Å². The van der Waals surface area contributed by atoms with Gasteiger partial charge in [-0.15, -0.1) is 0 Å². The van der Waals surface area contributed by atoms with Gasteiger partial charge in [-0.2, -0.15) is 0 Å². The van der Waals surface area contributed by atoms with E-state index in [0.29, 0.717) is 0 Å². The molecule has 102 valence electrons. The fourth-order valence-electron chi connectivity index (χ4n) is 2.66. The van der Waals surface area contributed by atoms with Crippen LogP contribution in [0.2, 0.25) is 0 Å². The molecule has 1 aliphatic heterocycles. The fourth-order valence-corrected chi connectivity index (χ4v) is 2.94. The molecule has 1 saturated heterocycles. The maximum atomic E-state index is 5.80. The number of imidazole rings is 1. The summed E-state index contributed by atoms with van der Waals surface area (Å²) in [6, 6.07) is 5.99. The highest BCUT2D eigenvalue weighted by Crippen LogP contribution is 2.25. The second-order valence-electron chi connectivity index (χ2n) is 4.88. The van der Waals surface area contributed by atoms with Gasteiger partial charge in [-0.1, -0.05) is 6.07 Å². The van der Waals surface area contributed by atoms with Crippen molar-refractivity contribution < 1.29 is 9.47 Å². The van der Waals surface area contributed by atoms with Crippen LogP contribution in [0.3, 0.4) is 0 Å². The molecule has 2 heterocycles. The highest BCUT2D eigenvalue weighted by molar-refractivity contribution is 7.71. The van der Waals surface area contributed by atoms with Crippen molar-refractivity contribution in [3.8, 4) is 5.75 Å². The lowest BCUT2D eigenvalue weighted by Crippen LogP contribution is -2.24. The van der Waals surface area contributed by atoms with Crippen LogP contribution in [-0.2, 0) is 11.3 Å². The minimum Gasteiger partial charge on any atom is -0.494 e. The van der Waals surface area contributed by atoms with Crippen LogP contribution in [0.1, 0.15) is 19.3 Å². The minimum atomic E-state index is 0.269.